The fraction of sp³-hybridized carbons (Fsp3) is 0.263. The number of halogens is 3. The highest BCUT2D eigenvalue weighted by atomic mass is 19.4. The molecule has 7 nitrogen and oxygen atoms in total. The Morgan fingerprint density at radius 1 is 1.28 bits per heavy atom. The van der Waals surface area contributed by atoms with Crippen LogP contribution in [0.4, 0.5) is 13.2 Å². The van der Waals surface area contributed by atoms with Crippen LogP contribution in [0.3, 0.4) is 0 Å². The third-order valence-electron chi connectivity index (χ3n) is 4.16. The minimum absolute atomic E-state index is 0.0768. The van der Waals surface area contributed by atoms with Crippen molar-refractivity contribution in [2.45, 2.75) is 26.6 Å². The Labute approximate surface area is 161 Å². The smallest absolute Gasteiger partial charge is 0.416 e. The number of ketones is 1. The number of benzene rings is 1. The van der Waals surface area contributed by atoms with Crippen LogP contribution < -0.4 is 5.56 Å². The van der Waals surface area contributed by atoms with Gasteiger partial charge in [-0.3, -0.25) is 14.2 Å². The van der Waals surface area contributed by atoms with Gasteiger partial charge in [0, 0.05) is 5.56 Å². The van der Waals surface area contributed by atoms with Crippen molar-refractivity contribution in [3.8, 4) is 0 Å². The first-order valence-corrected chi connectivity index (χ1v) is 8.49. The second-order valence-electron chi connectivity index (χ2n) is 6.11. The van der Waals surface area contributed by atoms with E-state index in [9.17, 15) is 27.6 Å². The number of aromatic nitrogens is 2. The van der Waals surface area contributed by atoms with Crippen LogP contribution in [0, 0.1) is 6.92 Å². The number of ether oxygens (including phenoxy) is 1. The van der Waals surface area contributed by atoms with Crippen molar-refractivity contribution in [1.82, 2.24) is 9.55 Å². The molecule has 0 bridgehead atoms. The summed E-state index contributed by atoms with van der Waals surface area (Å²) in [5, 5.41) is -0.153. The molecule has 152 valence electrons. The number of alkyl halides is 3. The third-order valence-corrected chi connectivity index (χ3v) is 4.16. The Morgan fingerprint density at radius 2 is 2.00 bits per heavy atom. The zero-order valence-electron chi connectivity index (χ0n) is 15.4. The number of nitrogens with zero attached hydrogens (tertiary/aromatic N) is 2. The number of rotatable bonds is 5. The van der Waals surface area contributed by atoms with E-state index in [0.29, 0.717) is 6.07 Å². The normalized spacial score (nSPS) is 11.6. The minimum atomic E-state index is -4.60. The summed E-state index contributed by atoms with van der Waals surface area (Å²) in [6.45, 7) is 2.58. The van der Waals surface area contributed by atoms with Crippen molar-refractivity contribution in [2.24, 2.45) is 0 Å². The number of hydrogen-bond donors (Lipinski definition) is 0. The van der Waals surface area contributed by atoms with Crippen molar-refractivity contribution in [3.63, 3.8) is 0 Å². The fourth-order valence-corrected chi connectivity index (χ4v) is 2.81. The molecule has 10 heteroatoms. The maximum absolute atomic E-state index is 12.9. The number of carbonyl (C=O) groups excluding carboxylic acids is 2. The summed E-state index contributed by atoms with van der Waals surface area (Å²) in [5.41, 5.74) is -2.12. The highest BCUT2D eigenvalue weighted by Crippen LogP contribution is 2.29. The Morgan fingerprint density at radius 3 is 2.66 bits per heavy atom. The lowest BCUT2D eigenvalue weighted by Crippen LogP contribution is -2.25. The lowest BCUT2D eigenvalue weighted by molar-refractivity contribution is -0.137. The van der Waals surface area contributed by atoms with Crippen LogP contribution in [-0.2, 0) is 17.5 Å². The molecule has 0 aliphatic carbocycles. The molecule has 0 aliphatic rings. The molecule has 0 radical (unpaired) electrons. The average molecular weight is 408 g/mol. The summed E-state index contributed by atoms with van der Waals surface area (Å²) in [6, 6.07) is 3.89. The van der Waals surface area contributed by atoms with Gasteiger partial charge in [-0.1, -0.05) is 12.1 Å². The zero-order chi connectivity index (χ0) is 21.3. The highest BCUT2D eigenvalue weighted by molar-refractivity contribution is 6.03. The van der Waals surface area contributed by atoms with Gasteiger partial charge in [0.1, 0.15) is 23.0 Å². The molecule has 0 fully saturated rings. The maximum Gasteiger partial charge on any atom is 0.416 e. The van der Waals surface area contributed by atoms with Gasteiger partial charge in [0.2, 0.25) is 5.71 Å². The number of furan rings is 1. The largest absolute Gasteiger partial charge is 0.462 e. The van der Waals surface area contributed by atoms with E-state index in [1.807, 2.05) is 0 Å². The van der Waals surface area contributed by atoms with E-state index in [0.717, 1.165) is 23.0 Å². The molecule has 0 unspecified atom stereocenters. The van der Waals surface area contributed by atoms with Gasteiger partial charge in [-0.2, -0.15) is 13.2 Å². The van der Waals surface area contributed by atoms with Gasteiger partial charge in [0.05, 0.1) is 18.7 Å². The third kappa shape index (κ3) is 3.91. The molecule has 2 aromatic heterocycles. The molecule has 3 rings (SSSR count). The van der Waals surface area contributed by atoms with Crippen LogP contribution in [0.2, 0.25) is 0 Å². The predicted octanol–water partition coefficient (Wildman–Crippen LogP) is 3.38. The summed E-state index contributed by atoms with van der Waals surface area (Å²) < 4.78 is 49.7. The van der Waals surface area contributed by atoms with Gasteiger partial charge >= 0.3 is 12.1 Å². The van der Waals surface area contributed by atoms with Crippen LogP contribution in [0.5, 0.6) is 0 Å². The van der Waals surface area contributed by atoms with Crippen LogP contribution in [0.15, 0.2) is 39.8 Å². The van der Waals surface area contributed by atoms with Crippen molar-refractivity contribution < 1.29 is 31.9 Å². The summed E-state index contributed by atoms with van der Waals surface area (Å²) in [5.74, 6) is -1.37. The Bertz CT molecular complexity index is 1160. The monoisotopic (exact) mass is 408 g/mol. The first-order chi connectivity index (χ1) is 13.6. The summed E-state index contributed by atoms with van der Waals surface area (Å²) in [4.78, 5) is 41.3. The lowest BCUT2D eigenvalue weighted by atomic mass is 10.1. The molecule has 0 saturated carbocycles. The average Bonchev–Trinajstić information content (AvgIpc) is 3.00. The standard InChI is InChI=1S/C19H15F3N2O5/c1-3-28-18(27)14-10(2)29-16-15(14)17(26)24(9-23-16)8-13(25)11-5-4-6-12(7-11)19(20,21)22/h4-7,9H,3,8H2,1-2H3. The Hall–Kier alpha value is -3.43. The van der Waals surface area contributed by atoms with E-state index in [1.54, 1.807) is 6.92 Å². The van der Waals surface area contributed by atoms with Crippen LogP contribution >= 0.6 is 0 Å². The van der Waals surface area contributed by atoms with Gasteiger partial charge in [-0.15, -0.1) is 0 Å². The number of fused-ring (bicyclic) bond motifs is 1. The van der Waals surface area contributed by atoms with Gasteiger partial charge < -0.3 is 9.15 Å². The molecule has 0 amide bonds. The summed E-state index contributed by atoms with van der Waals surface area (Å²) in [6.07, 6.45) is -3.56. The molecule has 2 heterocycles. The molecule has 0 atom stereocenters. The SMILES string of the molecule is CCOC(=O)c1c(C)oc2ncn(CC(=O)c3cccc(C(F)(F)F)c3)c(=O)c12. The fourth-order valence-electron chi connectivity index (χ4n) is 2.81. The van der Waals surface area contributed by atoms with Crippen molar-refractivity contribution >= 4 is 22.9 Å². The number of hydrogen-bond acceptors (Lipinski definition) is 6. The van der Waals surface area contributed by atoms with E-state index in [-0.39, 0.29) is 34.6 Å². The van der Waals surface area contributed by atoms with E-state index >= 15 is 0 Å². The Balaban J connectivity index is 2.00. The van der Waals surface area contributed by atoms with E-state index in [1.165, 1.54) is 13.0 Å². The molecule has 3 aromatic rings. The van der Waals surface area contributed by atoms with Crippen LogP contribution in [0.1, 0.15) is 39.0 Å². The van der Waals surface area contributed by atoms with Gasteiger partial charge in [-0.05, 0) is 26.0 Å². The van der Waals surface area contributed by atoms with Crippen molar-refractivity contribution in [1.29, 1.82) is 0 Å². The first kappa shape index (κ1) is 20.3. The first-order valence-electron chi connectivity index (χ1n) is 8.49. The topological polar surface area (TPSA) is 91.4 Å². The van der Waals surface area contributed by atoms with E-state index in [4.69, 9.17) is 9.15 Å². The van der Waals surface area contributed by atoms with Crippen LogP contribution in [0.25, 0.3) is 11.1 Å². The molecule has 29 heavy (non-hydrogen) atoms. The van der Waals surface area contributed by atoms with Gasteiger partial charge in [0.15, 0.2) is 5.78 Å². The van der Waals surface area contributed by atoms with Crippen molar-refractivity contribution in [3.05, 3.63) is 63.4 Å². The Kier molecular flexibility index (Phi) is 5.27. The predicted molar refractivity (Wildman–Crippen MR) is 94.7 cm³/mol. The summed E-state index contributed by atoms with van der Waals surface area (Å²) in [7, 11) is 0. The maximum atomic E-state index is 12.9. The lowest BCUT2D eigenvalue weighted by Gasteiger charge is -2.09. The van der Waals surface area contributed by atoms with Gasteiger partial charge in [0.25, 0.3) is 5.56 Å². The number of aryl methyl sites for hydroxylation is 1. The second-order valence-corrected chi connectivity index (χ2v) is 6.11. The number of Topliss-reactive ketones (excluding diaryl/α,β-unsaturated/α-hetero) is 1. The van der Waals surface area contributed by atoms with Crippen LogP contribution in [-0.4, -0.2) is 27.9 Å². The second kappa shape index (κ2) is 7.53. The molecular weight excluding hydrogens is 393 g/mol. The van der Waals surface area contributed by atoms with E-state index < -0.39 is 35.6 Å². The van der Waals surface area contributed by atoms with Gasteiger partial charge in [-0.25, -0.2) is 9.78 Å². The molecule has 0 N–H and O–H groups in total. The highest BCUT2D eigenvalue weighted by Gasteiger charge is 2.31. The summed E-state index contributed by atoms with van der Waals surface area (Å²) >= 11 is 0. The number of carbonyl (C=O) groups is 2. The number of esters is 1. The zero-order valence-corrected chi connectivity index (χ0v) is 15.4. The molecular formula is C19H15F3N2O5. The quantitative estimate of drug-likeness (QED) is 0.475. The van der Waals surface area contributed by atoms with Crippen molar-refractivity contribution in [2.75, 3.05) is 6.61 Å². The molecule has 1 aromatic carbocycles. The van der Waals surface area contributed by atoms with E-state index in [2.05, 4.69) is 4.98 Å². The minimum Gasteiger partial charge on any atom is -0.462 e. The molecule has 0 spiro atoms. The molecule has 0 aliphatic heterocycles. The molecule has 0 saturated heterocycles.